The van der Waals surface area contributed by atoms with Gasteiger partial charge in [0, 0.05) is 13.3 Å². The summed E-state index contributed by atoms with van der Waals surface area (Å²) in [6.07, 6.45) is 4.30. The van der Waals surface area contributed by atoms with Crippen LogP contribution in [0.3, 0.4) is 0 Å². The number of nitrogens with two attached hydrogens (primary N) is 1. The average Bonchev–Trinajstić information content (AvgIpc) is 3.16. The van der Waals surface area contributed by atoms with Gasteiger partial charge < -0.3 is 10.5 Å². The van der Waals surface area contributed by atoms with Crippen LogP contribution in [0.2, 0.25) is 0 Å². The molecule has 4 nitrogen and oxygen atoms in total. The van der Waals surface area contributed by atoms with Crippen molar-refractivity contribution in [2.24, 2.45) is 11.7 Å². The number of hydrogen-bond acceptors (Lipinski definition) is 3. The van der Waals surface area contributed by atoms with Crippen molar-refractivity contribution in [1.29, 1.82) is 0 Å². The van der Waals surface area contributed by atoms with Gasteiger partial charge in [-0.1, -0.05) is 18.2 Å². The molecule has 0 amide bonds. The minimum Gasteiger partial charge on any atom is -0.379 e. The molecule has 0 aliphatic heterocycles. The highest BCUT2D eigenvalue weighted by Crippen LogP contribution is 2.39. The molecule has 4 heteroatoms. The predicted octanol–water partition coefficient (Wildman–Crippen LogP) is 2.30. The number of nitrogens with zero attached hydrogens (tertiary/aromatic N) is 2. The Balaban J connectivity index is 1.91. The van der Waals surface area contributed by atoms with Crippen molar-refractivity contribution in [2.75, 3.05) is 7.11 Å². The molecule has 2 aromatic rings. The molecule has 1 aromatic carbocycles. The van der Waals surface area contributed by atoms with Gasteiger partial charge in [-0.25, -0.2) is 4.68 Å². The number of ether oxygens (including phenoxy) is 1. The molecule has 100 valence electrons. The quantitative estimate of drug-likeness (QED) is 0.894. The van der Waals surface area contributed by atoms with E-state index in [-0.39, 0.29) is 12.1 Å². The smallest absolute Gasteiger partial charge is 0.0807 e. The maximum absolute atomic E-state index is 6.39. The molecule has 3 rings (SSSR count). The van der Waals surface area contributed by atoms with Crippen LogP contribution < -0.4 is 5.73 Å². The lowest BCUT2D eigenvalue weighted by Crippen LogP contribution is -2.31. The van der Waals surface area contributed by atoms with Crippen LogP contribution in [0.25, 0.3) is 5.69 Å². The molecule has 0 radical (unpaired) electrons. The summed E-state index contributed by atoms with van der Waals surface area (Å²) in [5, 5.41) is 4.39. The SMILES string of the molecule is COC(C1CC1)C(N)c1ccnn1-c1ccccc1. The molecule has 1 aliphatic rings. The lowest BCUT2D eigenvalue weighted by Gasteiger charge is -2.23. The second-order valence-corrected chi connectivity index (χ2v) is 5.07. The van der Waals surface area contributed by atoms with Crippen LogP contribution in [0.1, 0.15) is 24.6 Å². The van der Waals surface area contributed by atoms with Gasteiger partial charge in [0.1, 0.15) is 0 Å². The number of para-hydroxylation sites is 1. The zero-order chi connectivity index (χ0) is 13.2. The summed E-state index contributed by atoms with van der Waals surface area (Å²) in [4.78, 5) is 0. The van der Waals surface area contributed by atoms with Gasteiger partial charge in [0.05, 0.1) is 23.5 Å². The summed E-state index contributed by atoms with van der Waals surface area (Å²) >= 11 is 0. The highest BCUT2D eigenvalue weighted by Gasteiger charge is 2.37. The highest BCUT2D eigenvalue weighted by atomic mass is 16.5. The maximum atomic E-state index is 6.39. The van der Waals surface area contributed by atoms with Crippen molar-refractivity contribution in [3.63, 3.8) is 0 Å². The first-order valence-electron chi connectivity index (χ1n) is 6.69. The van der Waals surface area contributed by atoms with Gasteiger partial charge in [0.2, 0.25) is 0 Å². The van der Waals surface area contributed by atoms with Crippen molar-refractivity contribution >= 4 is 0 Å². The minimum atomic E-state index is -0.139. The van der Waals surface area contributed by atoms with Crippen molar-refractivity contribution in [1.82, 2.24) is 9.78 Å². The Morgan fingerprint density at radius 2 is 2.00 bits per heavy atom. The van der Waals surface area contributed by atoms with Gasteiger partial charge in [0.15, 0.2) is 0 Å². The second kappa shape index (κ2) is 5.15. The largest absolute Gasteiger partial charge is 0.379 e. The van der Waals surface area contributed by atoms with E-state index in [2.05, 4.69) is 5.10 Å². The first kappa shape index (κ1) is 12.4. The number of hydrogen-bond donors (Lipinski definition) is 1. The lowest BCUT2D eigenvalue weighted by atomic mass is 10.0. The number of aromatic nitrogens is 2. The number of benzene rings is 1. The van der Waals surface area contributed by atoms with E-state index >= 15 is 0 Å². The summed E-state index contributed by atoms with van der Waals surface area (Å²) < 4.78 is 7.49. The van der Waals surface area contributed by atoms with Crippen molar-refractivity contribution in [3.8, 4) is 5.69 Å². The van der Waals surface area contributed by atoms with E-state index in [0.29, 0.717) is 5.92 Å². The van der Waals surface area contributed by atoms with E-state index < -0.39 is 0 Å². The summed E-state index contributed by atoms with van der Waals surface area (Å²) in [5.41, 5.74) is 8.42. The van der Waals surface area contributed by atoms with Gasteiger partial charge >= 0.3 is 0 Å². The Morgan fingerprint density at radius 1 is 1.26 bits per heavy atom. The number of methoxy groups -OCH3 is 1. The first-order valence-corrected chi connectivity index (χ1v) is 6.69. The molecular weight excluding hydrogens is 238 g/mol. The van der Waals surface area contributed by atoms with Gasteiger partial charge in [-0.2, -0.15) is 5.10 Å². The van der Waals surface area contributed by atoms with E-state index in [0.717, 1.165) is 11.4 Å². The molecule has 1 aromatic heterocycles. The standard InChI is InChI=1S/C15H19N3O/c1-19-15(11-7-8-11)14(16)13-9-10-17-18(13)12-5-3-2-4-6-12/h2-6,9-11,14-15H,7-8,16H2,1H3. The molecule has 2 unspecified atom stereocenters. The zero-order valence-corrected chi connectivity index (χ0v) is 11.1. The molecular formula is C15H19N3O. The predicted molar refractivity (Wildman–Crippen MR) is 74.0 cm³/mol. The second-order valence-electron chi connectivity index (χ2n) is 5.07. The summed E-state index contributed by atoms with van der Waals surface area (Å²) in [6.45, 7) is 0. The zero-order valence-electron chi connectivity index (χ0n) is 11.1. The maximum Gasteiger partial charge on any atom is 0.0807 e. The Hall–Kier alpha value is -1.65. The Kier molecular flexibility index (Phi) is 3.36. The minimum absolute atomic E-state index is 0.0826. The Bertz CT molecular complexity index is 533. The fourth-order valence-corrected chi connectivity index (χ4v) is 2.58. The van der Waals surface area contributed by atoms with E-state index in [1.807, 2.05) is 41.1 Å². The molecule has 0 saturated heterocycles. The molecule has 19 heavy (non-hydrogen) atoms. The molecule has 2 N–H and O–H groups in total. The molecule has 0 bridgehead atoms. The third-order valence-corrected chi connectivity index (χ3v) is 3.73. The van der Waals surface area contributed by atoms with E-state index in [4.69, 9.17) is 10.5 Å². The molecule has 0 spiro atoms. The fraction of sp³-hybridized carbons (Fsp3) is 0.400. The highest BCUT2D eigenvalue weighted by molar-refractivity contribution is 5.33. The summed E-state index contributed by atoms with van der Waals surface area (Å²) in [7, 11) is 1.74. The Morgan fingerprint density at radius 3 is 2.63 bits per heavy atom. The number of rotatable bonds is 5. The van der Waals surface area contributed by atoms with Crippen molar-refractivity contribution in [3.05, 3.63) is 48.3 Å². The molecule has 1 saturated carbocycles. The van der Waals surface area contributed by atoms with Crippen LogP contribution in [0.5, 0.6) is 0 Å². The third-order valence-electron chi connectivity index (χ3n) is 3.73. The third kappa shape index (κ3) is 2.41. The van der Waals surface area contributed by atoms with Crippen LogP contribution in [0.15, 0.2) is 42.6 Å². The van der Waals surface area contributed by atoms with Crippen molar-refractivity contribution in [2.45, 2.75) is 25.0 Å². The fourth-order valence-electron chi connectivity index (χ4n) is 2.58. The molecule has 1 heterocycles. The molecule has 1 aliphatic carbocycles. The van der Waals surface area contributed by atoms with Gasteiger partial charge in [-0.05, 0) is 37.0 Å². The molecule has 1 fully saturated rings. The lowest BCUT2D eigenvalue weighted by molar-refractivity contribution is 0.0606. The van der Waals surface area contributed by atoms with Crippen LogP contribution in [0, 0.1) is 5.92 Å². The Labute approximate surface area is 113 Å². The first-order chi connectivity index (χ1) is 9.31. The topological polar surface area (TPSA) is 53.1 Å². The average molecular weight is 257 g/mol. The van der Waals surface area contributed by atoms with Gasteiger partial charge in [-0.15, -0.1) is 0 Å². The van der Waals surface area contributed by atoms with Gasteiger partial charge in [0.25, 0.3) is 0 Å². The molecule has 2 atom stereocenters. The summed E-state index contributed by atoms with van der Waals surface area (Å²) in [6, 6.07) is 11.9. The van der Waals surface area contributed by atoms with E-state index in [1.54, 1.807) is 13.3 Å². The van der Waals surface area contributed by atoms with E-state index in [1.165, 1.54) is 12.8 Å². The van der Waals surface area contributed by atoms with Crippen LogP contribution in [0.4, 0.5) is 0 Å². The normalized spacial score (nSPS) is 18.2. The van der Waals surface area contributed by atoms with Gasteiger partial charge in [-0.3, -0.25) is 0 Å². The van der Waals surface area contributed by atoms with Crippen LogP contribution >= 0.6 is 0 Å². The van der Waals surface area contributed by atoms with Crippen molar-refractivity contribution < 1.29 is 4.74 Å². The van der Waals surface area contributed by atoms with Crippen LogP contribution in [-0.2, 0) is 4.74 Å². The van der Waals surface area contributed by atoms with E-state index in [9.17, 15) is 0 Å². The van der Waals surface area contributed by atoms with Crippen LogP contribution in [-0.4, -0.2) is 23.0 Å². The summed E-state index contributed by atoms with van der Waals surface area (Å²) in [5.74, 6) is 0.596. The monoisotopic (exact) mass is 257 g/mol.